The zero-order valence-corrected chi connectivity index (χ0v) is 12.0. The van der Waals surface area contributed by atoms with Crippen molar-refractivity contribution in [1.29, 1.82) is 0 Å². The lowest BCUT2D eigenvalue weighted by Gasteiger charge is -2.08. The molecule has 0 saturated heterocycles. The molecule has 2 aromatic carbocycles. The van der Waals surface area contributed by atoms with Crippen LogP contribution in [0, 0.1) is 0 Å². The summed E-state index contributed by atoms with van der Waals surface area (Å²) in [6, 6.07) is 16.8. The van der Waals surface area contributed by atoms with Crippen molar-refractivity contribution < 1.29 is 14.3 Å². The van der Waals surface area contributed by atoms with Crippen molar-refractivity contribution >= 4 is 11.8 Å². The highest BCUT2D eigenvalue weighted by molar-refractivity contribution is 5.84. The van der Waals surface area contributed by atoms with Crippen LogP contribution in [0.5, 0.6) is 5.75 Å². The Labute approximate surface area is 124 Å². The van der Waals surface area contributed by atoms with Crippen LogP contribution in [0.1, 0.15) is 18.9 Å². The Balaban J connectivity index is 1.79. The van der Waals surface area contributed by atoms with Gasteiger partial charge in [-0.3, -0.25) is 5.32 Å². The quantitative estimate of drug-likeness (QED) is 0.864. The first-order chi connectivity index (χ1) is 10.3. The fourth-order valence-electron chi connectivity index (χ4n) is 1.73. The molecule has 0 aliphatic carbocycles. The first-order valence-electron chi connectivity index (χ1n) is 6.98. The van der Waals surface area contributed by atoms with Gasteiger partial charge in [-0.1, -0.05) is 37.3 Å². The predicted octanol–water partition coefficient (Wildman–Crippen LogP) is 4.22. The maximum atomic E-state index is 11.7. The molecule has 2 aromatic rings. The first-order valence-corrected chi connectivity index (χ1v) is 6.98. The molecule has 1 amide bonds. The van der Waals surface area contributed by atoms with Crippen molar-refractivity contribution in [3.63, 3.8) is 0 Å². The number of carbonyl (C=O) groups is 1. The van der Waals surface area contributed by atoms with Crippen LogP contribution >= 0.6 is 0 Å². The Morgan fingerprint density at radius 3 is 2.43 bits per heavy atom. The molecule has 0 saturated carbocycles. The molecule has 0 bridgehead atoms. The van der Waals surface area contributed by atoms with E-state index >= 15 is 0 Å². The molecule has 21 heavy (non-hydrogen) atoms. The summed E-state index contributed by atoms with van der Waals surface area (Å²) in [7, 11) is 0. The lowest BCUT2D eigenvalue weighted by molar-refractivity contribution is 0.155. The summed E-state index contributed by atoms with van der Waals surface area (Å²) in [6.45, 7) is 2.99. The first kappa shape index (κ1) is 14.9. The summed E-state index contributed by atoms with van der Waals surface area (Å²) in [6.07, 6.45) is 0.493. The van der Waals surface area contributed by atoms with E-state index in [0.717, 1.165) is 17.7 Å². The molecule has 0 unspecified atom stereocenters. The second-order valence-electron chi connectivity index (χ2n) is 4.56. The maximum Gasteiger partial charge on any atom is 0.411 e. The lowest BCUT2D eigenvalue weighted by atomic mass is 10.2. The minimum absolute atomic E-state index is 0.254. The molecule has 0 heterocycles. The summed E-state index contributed by atoms with van der Waals surface area (Å²) in [4.78, 5) is 11.7. The average Bonchev–Trinajstić information content (AvgIpc) is 2.53. The normalized spacial score (nSPS) is 9.95. The van der Waals surface area contributed by atoms with Crippen molar-refractivity contribution in [3.8, 4) is 5.75 Å². The van der Waals surface area contributed by atoms with E-state index in [2.05, 4.69) is 12.2 Å². The standard InChI is InChI=1S/C17H19NO3/c1-2-12-20-16-10-8-15(9-11-16)18-17(19)21-13-14-6-4-3-5-7-14/h3-11H,2,12-13H2,1H3,(H,18,19). The van der Waals surface area contributed by atoms with Gasteiger partial charge in [0.15, 0.2) is 0 Å². The van der Waals surface area contributed by atoms with E-state index in [4.69, 9.17) is 9.47 Å². The Hall–Kier alpha value is -2.49. The monoisotopic (exact) mass is 285 g/mol. The fourth-order valence-corrected chi connectivity index (χ4v) is 1.73. The van der Waals surface area contributed by atoms with Crippen LogP contribution in [0.25, 0.3) is 0 Å². The maximum absolute atomic E-state index is 11.7. The highest BCUT2D eigenvalue weighted by atomic mass is 16.5. The molecule has 0 aliphatic rings. The van der Waals surface area contributed by atoms with Gasteiger partial charge in [0.25, 0.3) is 0 Å². The number of carbonyl (C=O) groups excluding carboxylic acids is 1. The molecule has 2 rings (SSSR count). The highest BCUT2D eigenvalue weighted by Crippen LogP contribution is 2.16. The van der Waals surface area contributed by atoms with Gasteiger partial charge in [-0.15, -0.1) is 0 Å². The van der Waals surface area contributed by atoms with Crippen molar-refractivity contribution in [2.24, 2.45) is 0 Å². The van der Waals surface area contributed by atoms with Crippen molar-refractivity contribution in [2.75, 3.05) is 11.9 Å². The van der Waals surface area contributed by atoms with Crippen LogP contribution in [0.4, 0.5) is 10.5 Å². The molecule has 110 valence electrons. The number of amides is 1. The smallest absolute Gasteiger partial charge is 0.411 e. The van der Waals surface area contributed by atoms with Crippen LogP contribution in [0.2, 0.25) is 0 Å². The second-order valence-corrected chi connectivity index (χ2v) is 4.56. The molecule has 4 heteroatoms. The highest BCUT2D eigenvalue weighted by Gasteiger charge is 2.04. The van der Waals surface area contributed by atoms with E-state index in [1.807, 2.05) is 42.5 Å². The van der Waals surface area contributed by atoms with Crippen LogP contribution < -0.4 is 10.1 Å². The van der Waals surface area contributed by atoms with Gasteiger partial charge < -0.3 is 9.47 Å². The number of nitrogens with one attached hydrogen (secondary N) is 1. The molecular weight excluding hydrogens is 266 g/mol. The number of anilines is 1. The number of benzene rings is 2. The second kappa shape index (κ2) is 7.94. The summed E-state index contributed by atoms with van der Waals surface area (Å²) >= 11 is 0. The Morgan fingerprint density at radius 1 is 1.05 bits per heavy atom. The van der Waals surface area contributed by atoms with Gasteiger partial charge in [0.1, 0.15) is 12.4 Å². The van der Waals surface area contributed by atoms with Gasteiger partial charge in [0, 0.05) is 5.69 Å². The third-order valence-electron chi connectivity index (χ3n) is 2.79. The Kier molecular flexibility index (Phi) is 5.64. The minimum atomic E-state index is -0.471. The topological polar surface area (TPSA) is 47.6 Å². The van der Waals surface area contributed by atoms with Crippen molar-refractivity contribution in [2.45, 2.75) is 20.0 Å². The molecule has 0 spiro atoms. The van der Waals surface area contributed by atoms with Crippen molar-refractivity contribution in [1.82, 2.24) is 0 Å². The van der Waals surface area contributed by atoms with Crippen LogP contribution in [-0.4, -0.2) is 12.7 Å². The number of hydrogen-bond acceptors (Lipinski definition) is 3. The van der Waals surface area contributed by atoms with E-state index in [0.29, 0.717) is 12.3 Å². The predicted molar refractivity (Wildman–Crippen MR) is 82.5 cm³/mol. The van der Waals surface area contributed by atoms with E-state index in [9.17, 15) is 4.79 Å². The molecule has 0 fully saturated rings. The zero-order chi connectivity index (χ0) is 14.9. The van der Waals surface area contributed by atoms with Crippen LogP contribution in [0.3, 0.4) is 0 Å². The SMILES string of the molecule is CCCOc1ccc(NC(=O)OCc2ccccc2)cc1. The third kappa shape index (κ3) is 5.18. The van der Waals surface area contributed by atoms with E-state index in [1.54, 1.807) is 12.1 Å². The summed E-state index contributed by atoms with van der Waals surface area (Å²) in [5.74, 6) is 0.792. The van der Waals surface area contributed by atoms with Gasteiger partial charge >= 0.3 is 6.09 Å². The van der Waals surface area contributed by atoms with Crippen LogP contribution in [0.15, 0.2) is 54.6 Å². The van der Waals surface area contributed by atoms with Crippen LogP contribution in [-0.2, 0) is 11.3 Å². The largest absolute Gasteiger partial charge is 0.494 e. The summed E-state index contributed by atoms with van der Waals surface area (Å²) in [5, 5.41) is 2.68. The third-order valence-corrected chi connectivity index (χ3v) is 2.79. The van der Waals surface area contributed by atoms with E-state index in [1.165, 1.54) is 0 Å². The molecule has 0 atom stereocenters. The van der Waals surface area contributed by atoms with Gasteiger partial charge in [-0.25, -0.2) is 4.79 Å². The Morgan fingerprint density at radius 2 is 1.76 bits per heavy atom. The van der Waals surface area contributed by atoms with Crippen molar-refractivity contribution in [3.05, 3.63) is 60.2 Å². The number of rotatable bonds is 6. The zero-order valence-electron chi connectivity index (χ0n) is 12.0. The summed E-state index contributed by atoms with van der Waals surface area (Å²) < 4.78 is 10.6. The van der Waals surface area contributed by atoms with E-state index < -0.39 is 6.09 Å². The molecule has 4 nitrogen and oxygen atoms in total. The molecule has 1 N–H and O–H groups in total. The average molecular weight is 285 g/mol. The summed E-state index contributed by atoms with van der Waals surface area (Å²) in [5.41, 5.74) is 1.63. The Bertz CT molecular complexity index is 552. The van der Waals surface area contributed by atoms with Gasteiger partial charge in [-0.2, -0.15) is 0 Å². The fraction of sp³-hybridized carbons (Fsp3) is 0.235. The number of hydrogen-bond donors (Lipinski definition) is 1. The van der Waals surface area contributed by atoms with Gasteiger partial charge in [0.05, 0.1) is 6.61 Å². The number of ether oxygens (including phenoxy) is 2. The van der Waals surface area contributed by atoms with Gasteiger partial charge in [0.2, 0.25) is 0 Å². The van der Waals surface area contributed by atoms with Gasteiger partial charge in [-0.05, 0) is 36.2 Å². The molecule has 0 aromatic heterocycles. The molecule has 0 radical (unpaired) electrons. The lowest BCUT2D eigenvalue weighted by Crippen LogP contribution is -2.13. The minimum Gasteiger partial charge on any atom is -0.494 e. The molecular formula is C17H19NO3. The molecule has 0 aliphatic heterocycles. The van der Waals surface area contributed by atoms with E-state index in [-0.39, 0.29) is 6.61 Å².